The maximum atomic E-state index is 12.0. The molecule has 0 saturated heterocycles. The lowest BCUT2D eigenvalue weighted by atomic mass is 10.0. The van der Waals surface area contributed by atoms with E-state index >= 15 is 0 Å². The first-order valence-corrected chi connectivity index (χ1v) is 20.0. The van der Waals surface area contributed by atoms with E-state index in [2.05, 4.69) is 43.4 Å². The Morgan fingerprint density at radius 3 is 1.24 bits per heavy atom. The Hall–Kier alpha value is -1.35. The highest BCUT2D eigenvalue weighted by atomic mass is 16.5. The van der Waals surface area contributed by atoms with Crippen molar-refractivity contribution in [3.63, 3.8) is 0 Å². The van der Waals surface area contributed by atoms with Gasteiger partial charge in [0.2, 0.25) is 0 Å². The van der Waals surface area contributed by atoms with Gasteiger partial charge in [-0.15, -0.1) is 0 Å². The van der Waals surface area contributed by atoms with Crippen molar-refractivity contribution in [3.05, 3.63) is 36.5 Å². The highest BCUT2D eigenvalue weighted by molar-refractivity contribution is 5.69. The number of esters is 1. The zero-order valence-corrected chi connectivity index (χ0v) is 30.3. The summed E-state index contributed by atoms with van der Waals surface area (Å²) in [6, 6.07) is 0. The SMILES string of the molecule is CC/C=C\C/C=C\C/C=C\CCCCCCCC(=O)OCCCCCCCCCCCCCCCCCCCCCCCCO. The monoisotopic (exact) mass is 631 g/mol. The van der Waals surface area contributed by atoms with Crippen molar-refractivity contribution >= 4 is 5.97 Å². The van der Waals surface area contributed by atoms with Gasteiger partial charge in [0.15, 0.2) is 0 Å². The van der Waals surface area contributed by atoms with Crippen molar-refractivity contribution in [2.75, 3.05) is 13.2 Å². The van der Waals surface area contributed by atoms with Crippen LogP contribution in [0.1, 0.15) is 212 Å². The molecule has 264 valence electrons. The van der Waals surface area contributed by atoms with Crippen LogP contribution in [0.25, 0.3) is 0 Å². The summed E-state index contributed by atoms with van der Waals surface area (Å²) in [5.41, 5.74) is 0. The summed E-state index contributed by atoms with van der Waals surface area (Å²) >= 11 is 0. The molecule has 3 heteroatoms. The van der Waals surface area contributed by atoms with Crippen molar-refractivity contribution in [3.8, 4) is 0 Å². The van der Waals surface area contributed by atoms with Gasteiger partial charge in [-0.05, 0) is 51.4 Å². The lowest BCUT2D eigenvalue weighted by Crippen LogP contribution is -2.05. The second kappa shape index (κ2) is 40.7. The molecular weight excluding hydrogens is 552 g/mol. The second-order valence-electron chi connectivity index (χ2n) is 13.3. The maximum Gasteiger partial charge on any atom is 0.305 e. The van der Waals surface area contributed by atoms with Gasteiger partial charge in [-0.25, -0.2) is 0 Å². The van der Waals surface area contributed by atoms with Crippen LogP contribution in [-0.2, 0) is 9.53 Å². The summed E-state index contributed by atoms with van der Waals surface area (Å²) in [6.07, 6.45) is 53.8. The average molecular weight is 631 g/mol. The molecule has 0 bridgehead atoms. The number of aliphatic hydroxyl groups excluding tert-OH is 1. The average Bonchev–Trinajstić information content (AvgIpc) is 3.05. The number of ether oxygens (including phenoxy) is 1. The number of carbonyl (C=O) groups is 1. The Balaban J connectivity index is 3.20. The summed E-state index contributed by atoms with van der Waals surface area (Å²) in [7, 11) is 0. The Morgan fingerprint density at radius 1 is 0.444 bits per heavy atom. The molecule has 0 heterocycles. The zero-order valence-electron chi connectivity index (χ0n) is 30.3. The number of carbonyl (C=O) groups excluding carboxylic acids is 1. The number of unbranched alkanes of at least 4 members (excludes halogenated alkanes) is 26. The molecule has 1 N–H and O–H groups in total. The fourth-order valence-corrected chi connectivity index (χ4v) is 5.90. The predicted molar refractivity (Wildman–Crippen MR) is 199 cm³/mol. The fourth-order valence-electron chi connectivity index (χ4n) is 5.90. The van der Waals surface area contributed by atoms with Crippen molar-refractivity contribution in [2.45, 2.75) is 212 Å². The molecule has 0 aliphatic heterocycles. The minimum atomic E-state index is 0.00375. The second-order valence-corrected chi connectivity index (χ2v) is 13.3. The summed E-state index contributed by atoms with van der Waals surface area (Å²) < 4.78 is 5.44. The summed E-state index contributed by atoms with van der Waals surface area (Å²) in [4.78, 5) is 12.0. The van der Waals surface area contributed by atoms with Gasteiger partial charge in [0, 0.05) is 13.0 Å². The maximum absolute atomic E-state index is 12.0. The van der Waals surface area contributed by atoms with E-state index in [1.54, 1.807) is 0 Å². The zero-order chi connectivity index (χ0) is 32.6. The molecule has 0 rings (SSSR count). The van der Waals surface area contributed by atoms with E-state index in [0.29, 0.717) is 19.6 Å². The third kappa shape index (κ3) is 40.6. The largest absolute Gasteiger partial charge is 0.466 e. The quantitative estimate of drug-likeness (QED) is 0.0422. The minimum absolute atomic E-state index is 0.00375. The van der Waals surface area contributed by atoms with Gasteiger partial charge in [-0.1, -0.05) is 191 Å². The van der Waals surface area contributed by atoms with Crippen molar-refractivity contribution in [1.82, 2.24) is 0 Å². The number of allylic oxidation sites excluding steroid dienone is 6. The van der Waals surface area contributed by atoms with Gasteiger partial charge in [0.25, 0.3) is 0 Å². The molecule has 0 amide bonds. The van der Waals surface area contributed by atoms with E-state index in [-0.39, 0.29) is 5.97 Å². The Bertz CT molecular complexity index is 650. The van der Waals surface area contributed by atoms with Gasteiger partial charge in [-0.3, -0.25) is 4.79 Å². The van der Waals surface area contributed by atoms with E-state index in [4.69, 9.17) is 9.84 Å². The standard InChI is InChI=1S/C42H78O3/c1-2-3-4-5-6-7-8-9-18-21-24-27-30-33-36-39-42(44)45-41-38-35-32-29-26-23-20-17-15-13-11-10-12-14-16-19-22-25-28-31-34-37-40-43/h3-4,6-7,9,18,43H,2,5,8,10-17,19-41H2,1H3/b4-3-,7-6-,18-9-. The van der Waals surface area contributed by atoms with Crippen LogP contribution >= 0.6 is 0 Å². The van der Waals surface area contributed by atoms with Crippen LogP contribution in [0, 0.1) is 0 Å². The highest BCUT2D eigenvalue weighted by Crippen LogP contribution is 2.15. The van der Waals surface area contributed by atoms with Gasteiger partial charge in [-0.2, -0.15) is 0 Å². The lowest BCUT2D eigenvalue weighted by Gasteiger charge is -2.06. The fraction of sp³-hybridized carbons (Fsp3) is 0.833. The van der Waals surface area contributed by atoms with Crippen molar-refractivity contribution in [2.24, 2.45) is 0 Å². The topological polar surface area (TPSA) is 46.5 Å². The van der Waals surface area contributed by atoms with E-state index in [1.807, 2.05) is 0 Å². The van der Waals surface area contributed by atoms with E-state index in [9.17, 15) is 4.79 Å². The Morgan fingerprint density at radius 2 is 0.800 bits per heavy atom. The van der Waals surface area contributed by atoms with Gasteiger partial charge < -0.3 is 9.84 Å². The molecule has 0 unspecified atom stereocenters. The highest BCUT2D eigenvalue weighted by Gasteiger charge is 2.02. The van der Waals surface area contributed by atoms with Crippen LogP contribution in [0.15, 0.2) is 36.5 Å². The molecule has 0 aromatic heterocycles. The minimum Gasteiger partial charge on any atom is -0.466 e. The number of rotatable bonds is 37. The number of hydrogen-bond donors (Lipinski definition) is 1. The third-order valence-corrected chi connectivity index (χ3v) is 8.85. The molecule has 0 aromatic rings. The van der Waals surface area contributed by atoms with E-state index < -0.39 is 0 Å². The molecule has 0 saturated carbocycles. The van der Waals surface area contributed by atoms with Crippen LogP contribution in [0.2, 0.25) is 0 Å². The molecule has 45 heavy (non-hydrogen) atoms. The smallest absolute Gasteiger partial charge is 0.305 e. The number of aliphatic hydroxyl groups is 1. The van der Waals surface area contributed by atoms with Crippen molar-refractivity contribution in [1.29, 1.82) is 0 Å². The first kappa shape index (κ1) is 43.6. The van der Waals surface area contributed by atoms with Crippen LogP contribution in [0.3, 0.4) is 0 Å². The first-order valence-electron chi connectivity index (χ1n) is 20.0. The summed E-state index contributed by atoms with van der Waals surface area (Å²) in [5.74, 6) is 0.00375. The van der Waals surface area contributed by atoms with Crippen LogP contribution < -0.4 is 0 Å². The molecule has 0 radical (unpaired) electrons. The third-order valence-electron chi connectivity index (χ3n) is 8.85. The molecular formula is C42H78O3. The van der Waals surface area contributed by atoms with Crippen LogP contribution in [0.4, 0.5) is 0 Å². The Kier molecular flexibility index (Phi) is 39.5. The molecule has 0 spiro atoms. The normalized spacial score (nSPS) is 12.0. The van der Waals surface area contributed by atoms with Crippen LogP contribution in [-0.4, -0.2) is 24.3 Å². The van der Waals surface area contributed by atoms with Gasteiger partial charge in [0.05, 0.1) is 6.61 Å². The molecule has 3 nitrogen and oxygen atoms in total. The number of hydrogen-bond acceptors (Lipinski definition) is 3. The summed E-state index contributed by atoms with van der Waals surface area (Å²) in [5, 5.41) is 8.79. The predicted octanol–water partition coefficient (Wildman–Crippen LogP) is 13.7. The molecule has 0 aromatic carbocycles. The molecule has 0 fully saturated rings. The molecule has 0 atom stereocenters. The van der Waals surface area contributed by atoms with Gasteiger partial charge in [0.1, 0.15) is 0 Å². The van der Waals surface area contributed by atoms with Gasteiger partial charge >= 0.3 is 5.97 Å². The van der Waals surface area contributed by atoms with Crippen molar-refractivity contribution < 1.29 is 14.6 Å². The first-order chi connectivity index (χ1) is 22.3. The van der Waals surface area contributed by atoms with Crippen LogP contribution in [0.5, 0.6) is 0 Å². The lowest BCUT2D eigenvalue weighted by molar-refractivity contribution is -0.143. The molecule has 0 aliphatic carbocycles. The Labute approximate surface area is 282 Å². The van der Waals surface area contributed by atoms with E-state index in [1.165, 1.54) is 154 Å². The summed E-state index contributed by atoms with van der Waals surface area (Å²) in [6.45, 7) is 3.14. The van der Waals surface area contributed by atoms with E-state index in [0.717, 1.165) is 44.9 Å². The molecule has 0 aliphatic rings.